The number of guanidine groups is 1. The topological polar surface area (TPSA) is 75.6 Å². The maximum absolute atomic E-state index is 13.0. The zero-order valence-electron chi connectivity index (χ0n) is 18.8. The van der Waals surface area contributed by atoms with Crippen molar-refractivity contribution in [3.8, 4) is 17.2 Å². The summed E-state index contributed by atoms with van der Waals surface area (Å²) in [7, 11) is 5.16. The molecule has 0 heterocycles. The second-order valence-electron chi connectivity index (χ2n) is 7.10. The predicted molar refractivity (Wildman–Crippen MR) is 120 cm³/mol. The minimum absolute atomic E-state index is 0.0625. The van der Waals surface area contributed by atoms with Gasteiger partial charge < -0.3 is 29.5 Å². The average molecular weight is 434 g/mol. The Hall–Kier alpha value is -3.00. The molecule has 0 aromatic heterocycles. The van der Waals surface area contributed by atoms with Gasteiger partial charge in [0.2, 0.25) is 0 Å². The molecule has 0 saturated heterocycles. The van der Waals surface area contributed by atoms with Crippen LogP contribution >= 0.6 is 0 Å². The fourth-order valence-electron chi connectivity index (χ4n) is 2.96. The van der Waals surface area contributed by atoms with Crippen LogP contribution in [0.15, 0.2) is 41.4 Å². The van der Waals surface area contributed by atoms with E-state index in [4.69, 9.17) is 14.2 Å². The molecule has 1 atom stereocenters. The van der Waals surface area contributed by atoms with Crippen LogP contribution in [0.5, 0.6) is 17.2 Å². The Morgan fingerprint density at radius 3 is 2.42 bits per heavy atom. The Labute approximate surface area is 183 Å². The van der Waals surface area contributed by atoms with Crippen LogP contribution in [0.4, 0.5) is 4.39 Å². The number of aliphatic hydroxyl groups excluding tert-OH is 1. The standard InChI is InChI=1S/C23H32FN3O4/c1-6-25-23(26-13-19(28)15-31-20-9-7-18(24)8-10-20)27(3)14-17-12-22(30-5)21(29-4)11-16(17)2/h7-12,19,28H,6,13-15H2,1-5H3,(H,25,26). The summed E-state index contributed by atoms with van der Waals surface area (Å²) in [6.07, 6.45) is -0.796. The Morgan fingerprint density at radius 1 is 1.16 bits per heavy atom. The van der Waals surface area contributed by atoms with E-state index in [0.717, 1.165) is 11.1 Å². The van der Waals surface area contributed by atoms with Gasteiger partial charge >= 0.3 is 0 Å². The first-order valence-corrected chi connectivity index (χ1v) is 10.1. The molecule has 2 aromatic rings. The summed E-state index contributed by atoms with van der Waals surface area (Å²) >= 11 is 0. The molecule has 2 N–H and O–H groups in total. The van der Waals surface area contributed by atoms with Gasteiger partial charge in [-0.05, 0) is 61.4 Å². The zero-order valence-corrected chi connectivity index (χ0v) is 18.8. The van der Waals surface area contributed by atoms with Crippen molar-refractivity contribution in [1.29, 1.82) is 0 Å². The van der Waals surface area contributed by atoms with Crippen LogP contribution in [-0.2, 0) is 6.54 Å². The number of methoxy groups -OCH3 is 2. The number of ether oxygens (including phenoxy) is 3. The van der Waals surface area contributed by atoms with Crippen LogP contribution < -0.4 is 19.5 Å². The Morgan fingerprint density at radius 2 is 1.81 bits per heavy atom. The number of halogens is 1. The van der Waals surface area contributed by atoms with Crippen LogP contribution in [0.1, 0.15) is 18.1 Å². The van der Waals surface area contributed by atoms with Crippen molar-refractivity contribution in [2.24, 2.45) is 4.99 Å². The van der Waals surface area contributed by atoms with Crippen molar-refractivity contribution in [3.63, 3.8) is 0 Å². The van der Waals surface area contributed by atoms with E-state index in [1.807, 2.05) is 37.9 Å². The van der Waals surface area contributed by atoms with Crippen LogP contribution in [0.2, 0.25) is 0 Å². The van der Waals surface area contributed by atoms with Gasteiger partial charge in [0.15, 0.2) is 17.5 Å². The SMILES string of the molecule is CCNC(=NCC(O)COc1ccc(F)cc1)N(C)Cc1cc(OC)c(OC)cc1C. The number of rotatable bonds is 10. The largest absolute Gasteiger partial charge is 0.493 e. The Kier molecular flexibility index (Phi) is 9.40. The van der Waals surface area contributed by atoms with E-state index < -0.39 is 6.10 Å². The van der Waals surface area contributed by atoms with Crippen LogP contribution in [-0.4, -0.2) is 63.0 Å². The molecule has 31 heavy (non-hydrogen) atoms. The summed E-state index contributed by atoms with van der Waals surface area (Å²) in [5.74, 6) is 2.19. The number of aliphatic hydroxyl groups is 1. The van der Waals surface area contributed by atoms with Gasteiger partial charge in [-0.3, -0.25) is 4.99 Å². The summed E-state index contributed by atoms with van der Waals surface area (Å²) < 4.78 is 29.2. The molecule has 170 valence electrons. The summed E-state index contributed by atoms with van der Waals surface area (Å²) in [5, 5.41) is 13.5. The summed E-state index contributed by atoms with van der Waals surface area (Å²) in [5.41, 5.74) is 2.15. The maximum Gasteiger partial charge on any atom is 0.194 e. The summed E-state index contributed by atoms with van der Waals surface area (Å²) in [6, 6.07) is 9.58. The second kappa shape index (κ2) is 12.0. The quantitative estimate of drug-likeness (QED) is 0.443. The van der Waals surface area contributed by atoms with Gasteiger partial charge in [-0.15, -0.1) is 0 Å². The number of hydrogen-bond donors (Lipinski definition) is 2. The molecule has 1 unspecified atom stereocenters. The molecule has 0 aliphatic carbocycles. The van der Waals surface area contributed by atoms with Crippen LogP contribution in [0.25, 0.3) is 0 Å². The van der Waals surface area contributed by atoms with E-state index in [-0.39, 0.29) is 19.0 Å². The van der Waals surface area contributed by atoms with Crippen LogP contribution in [0, 0.1) is 12.7 Å². The fraction of sp³-hybridized carbons (Fsp3) is 0.435. The number of nitrogens with zero attached hydrogens (tertiary/aromatic N) is 2. The number of benzene rings is 2. The molecule has 0 amide bonds. The van der Waals surface area contributed by atoms with Crippen molar-refractivity contribution in [1.82, 2.24) is 10.2 Å². The molecule has 8 heteroatoms. The van der Waals surface area contributed by atoms with E-state index in [9.17, 15) is 9.50 Å². The summed E-state index contributed by atoms with van der Waals surface area (Å²) in [6.45, 7) is 5.52. The van der Waals surface area contributed by atoms with Gasteiger partial charge in [0, 0.05) is 20.1 Å². The first-order valence-electron chi connectivity index (χ1n) is 10.1. The molecule has 0 aliphatic rings. The minimum atomic E-state index is -0.796. The molecule has 2 aromatic carbocycles. The molecular formula is C23H32FN3O4. The van der Waals surface area contributed by atoms with Crippen molar-refractivity contribution < 1.29 is 23.7 Å². The maximum atomic E-state index is 13.0. The number of aliphatic imine (C=N–C) groups is 1. The highest BCUT2D eigenvalue weighted by Gasteiger charge is 2.13. The highest BCUT2D eigenvalue weighted by molar-refractivity contribution is 5.79. The smallest absolute Gasteiger partial charge is 0.194 e. The molecule has 0 radical (unpaired) electrons. The van der Waals surface area contributed by atoms with Gasteiger partial charge in [-0.2, -0.15) is 0 Å². The lowest BCUT2D eigenvalue weighted by Gasteiger charge is -2.24. The van der Waals surface area contributed by atoms with E-state index in [1.54, 1.807) is 14.2 Å². The fourth-order valence-corrected chi connectivity index (χ4v) is 2.96. The Balaban J connectivity index is 2.01. The minimum Gasteiger partial charge on any atom is -0.493 e. The monoisotopic (exact) mass is 433 g/mol. The van der Waals surface area contributed by atoms with Crippen molar-refractivity contribution in [2.45, 2.75) is 26.5 Å². The molecule has 0 saturated carbocycles. The van der Waals surface area contributed by atoms with E-state index in [0.29, 0.717) is 36.3 Å². The predicted octanol–water partition coefficient (Wildman–Crippen LogP) is 2.99. The normalized spacial score (nSPS) is 12.3. The summed E-state index contributed by atoms with van der Waals surface area (Å²) in [4.78, 5) is 6.50. The molecule has 7 nitrogen and oxygen atoms in total. The Bertz CT molecular complexity index is 859. The van der Waals surface area contributed by atoms with Gasteiger partial charge in [-0.25, -0.2) is 4.39 Å². The highest BCUT2D eigenvalue weighted by Crippen LogP contribution is 2.30. The van der Waals surface area contributed by atoms with E-state index in [1.165, 1.54) is 24.3 Å². The lowest BCUT2D eigenvalue weighted by molar-refractivity contribution is 0.114. The molecule has 0 spiro atoms. The number of aryl methyl sites for hydroxylation is 1. The first-order chi connectivity index (χ1) is 14.9. The van der Waals surface area contributed by atoms with Gasteiger partial charge in [0.25, 0.3) is 0 Å². The third-order valence-electron chi connectivity index (χ3n) is 4.65. The number of hydrogen-bond acceptors (Lipinski definition) is 5. The average Bonchev–Trinajstić information content (AvgIpc) is 2.77. The van der Waals surface area contributed by atoms with E-state index >= 15 is 0 Å². The molecule has 0 fully saturated rings. The molecule has 0 aliphatic heterocycles. The second-order valence-corrected chi connectivity index (χ2v) is 7.10. The first kappa shape index (κ1) is 24.3. The number of nitrogens with one attached hydrogen (secondary N) is 1. The third kappa shape index (κ3) is 7.32. The van der Waals surface area contributed by atoms with Crippen molar-refractivity contribution in [3.05, 3.63) is 53.3 Å². The lowest BCUT2D eigenvalue weighted by atomic mass is 10.1. The molecule has 0 bridgehead atoms. The highest BCUT2D eigenvalue weighted by atomic mass is 19.1. The van der Waals surface area contributed by atoms with Gasteiger partial charge in [0.1, 0.15) is 24.3 Å². The van der Waals surface area contributed by atoms with Crippen molar-refractivity contribution >= 4 is 5.96 Å². The van der Waals surface area contributed by atoms with Gasteiger partial charge in [-0.1, -0.05) is 0 Å². The zero-order chi connectivity index (χ0) is 22.8. The van der Waals surface area contributed by atoms with Gasteiger partial charge in [0.05, 0.1) is 20.8 Å². The van der Waals surface area contributed by atoms with Crippen molar-refractivity contribution in [2.75, 3.05) is 41.0 Å². The molecular weight excluding hydrogens is 401 g/mol. The molecule has 2 rings (SSSR count). The van der Waals surface area contributed by atoms with Crippen LogP contribution in [0.3, 0.4) is 0 Å². The lowest BCUT2D eigenvalue weighted by Crippen LogP contribution is -2.39. The van der Waals surface area contributed by atoms with E-state index in [2.05, 4.69) is 10.3 Å². The third-order valence-corrected chi connectivity index (χ3v) is 4.65.